The van der Waals surface area contributed by atoms with E-state index in [1.165, 1.54) is 6.21 Å². The van der Waals surface area contributed by atoms with Crippen molar-refractivity contribution >= 4 is 18.3 Å². The molecule has 0 aromatic heterocycles. The number of unbranched alkanes of at least 4 members (excludes halogenated alkanes) is 1. The summed E-state index contributed by atoms with van der Waals surface area (Å²) in [5, 5.41) is 23.5. The standard InChI is InChI=1S/C21H24N2O5/c24-20(25)19(22-21(26)28-16-18-11-5-2-6-12-18)13-7-8-14-23(27)15-17-9-3-1-4-10-17/h1-6,9-12,15,19H,7-8,13-14,16H2,(H,22,26)(H,24,25)/b23-15-/t19-/m0/s1. The summed E-state index contributed by atoms with van der Waals surface area (Å²) in [5.74, 6) is -1.13. The van der Waals surface area contributed by atoms with Crippen LogP contribution in [0.5, 0.6) is 0 Å². The Labute approximate surface area is 163 Å². The van der Waals surface area contributed by atoms with E-state index in [9.17, 15) is 19.9 Å². The van der Waals surface area contributed by atoms with E-state index < -0.39 is 18.1 Å². The predicted octanol–water partition coefficient (Wildman–Crippen LogP) is 3.17. The van der Waals surface area contributed by atoms with Gasteiger partial charge in [0.1, 0.15) is 12.6 Å². The van der Waals surface area contributed by atoms with E-state index in [1.807, 2.05) is 60.7 Å². The van der Waals surface area contributed by atoms with Crippen molar-refractivity contribution in [2.75, 3.05) is 6.54 Å². The molecule has 2 N–H and O–H groups in total. The van der Waals surface area contributed by atoms with Crippen molar-refractivity contribution in [1.82, 2.24) is 5.32 Å². The molecule has 148 valence electrons. The number of amides is 1. The average Bonchev–Trinajstić information content (AvgIpc) is 2.70. The molecule has 0 radical (unpaired) electrons. The lowest BCUT2D eigenvalue weighted by Gasteiger charge is -2.14. The van der Waals surface area contributed by atoms with Gasteiger partial charge < -0.3 is 20.4 Å². The molecular formula is C21H24N2O5. The number of carbonyl (C=O) groups is 2. The van der Waals surface area contributed by atoms with Gasteiger partial charge in [-0.05, 0) is 30.5 Å². The lowest BCUT2D eigenvalue weighted by molar-refractivity contribution is -0.453. The highest BCUT2D eigenvalue weighted by Gasteiger charge is 2.20. The van der Waals surface area contributed by atoms with E-state index in [4.69, 9.17) is 4.74 Å². The molecule has 28 heavy (non-hydrogen) atoms. The SMILES string of the molecule is O=C(N[C@@H](CCCC/[N+]([O-])=C/c1ccccc1)C(=O)O)OCc1ccccc1. The molecule has 7 heteroatoms. The van der Waals surface area contributed by atoms with Crippen LogP contribution in [0.2, 0.25) is 0 Å². The Balaban J connectivity index is 1.71. The Bertz CT molecular complexity index is 778. The number of benzene rings is 2. The van der Waals surface area contributed by atoms with Gasteiger partial charge >= 0.3 is 12.1 Å². The first-order valence-corrected chi connectivity index (χ1v) is 9.08. The average molecular weight is 384 g/mol. The number of carbonyl (C=O) groups excluding carboxylic acids is 1. The number of aliphatic carboxylic acids is 1. The fourth-order valence-electron chi connectivity index (χ4n) is 2.55. The predicted molar refractivity (Wildman–Crippen MR) is 105 cm³/mol. The van der Waals surface area contributed by atoms with Crippen molar-refractivity contribution in [2.45, 2.75) is 31.9 Å². The van der Waals surface area contributed by atoms with Crippen LogP contribution in [-0.4, -0.2) is 40.7 Å². The highest BCUT2D eigenvalue weighted by Crippen LogP contribution is 2.05. The van der Waals surface area contributed by atoms with Gasteiger partial charge in [-0.1, -0.05) is 48.5 Å². The normalized spacial score (nSPS) is 12.2. The maximum absolute atomic E-state index is 11.8. The molecule has 1 amide bonds. The Morgan fingerprint density at radius 2 is 1.71 bits per heavy atom. The van der Waals surface area contributed by atoms with Crippen molar-refractivity contribution in [2.24, 2.45) is 0 Å². The quantitative estimate of drug-likeness (QED) is 0.215. The largest absolute Gasteiger partial charge is 0.624 e. The van der Waals surface area contributed by atoms with E-state index in [0.717, 1.165) is 15.9 Å². The van der Waals surface area contributed by atoms with Crippen LogP contribution in [0.1, 0.15) is 30.4 Å². The van der Waals surface area contributed by atoms with E-state index in [1.54, 1.807) is 0 Å². The number of rotatable bonds is 10. The number of hydroxylamine groups is 1. The Morgan fingerprint density at radius 1 is 1.07 bits per heavy atom. The van der Waals surface area contributed by atoms with Crippen LogP contribution in [0, 0.1) is 5.21 Å². The van der Waals surface area contributed by atoms with E-state index in [0.29, 0.717) is 12.8 Å². The molecule has 7 nitrogen and oxygen atoms in total. The number of alkyl carbamates (subject to hydrolysis) is 1. The van der Waals surface area contributed by atoms with Crippen molar-refractivity contribution in [3.8, 4) is 0 Å². The number of carboxylic acids is 1. The lowest BCUT2D eigenvalue weighted by Crippen LogP contribution is -2.41. The molecule has 0 aliphatic heterocycles. The summed E-state index contributed by atoms with van der Waals surface area (Å²) in [5.41, 5.74) is 1.62. The number of ether oxygens (including phenoxy) is 1. The second-order valence-corrected chi connectivity index (χ2v) is 6.27. The molecule has 2 rings (SSSR count). The van der Waals surface area contributed by atoms with E-state index in [-0.39, 0.29) is 19.6 Å². The van der Waals surface area contributed by atoms with Crippen molar-refractivity contribution in [3.05, 3.63) is 77.0 Å². The molecule has 0 unspecified atom stereocenters. The second kappa shape index (κ2) is 11.4. The first-order chi connectivity index (χ1) is 13.5. The molecule has 0 heterocycles. The van der Waals surface area contributed by atoms with Gasteiger partial charge in [0.25, 0.3) is 0 Å². The van der Waals surface area contributed by atoms with Crippen LogP contribution >= 0.6 is 0 Å². The fourth-order valence-corrected chi connectivity index (χ4v) is 2.55. The van der Waals surface area contributed by atoms with Gasteiger partial charge in [-0.15, -0.1) is 0 Å². The van der Waals surface area contributed by atoms with Gasteiger partial charge in [-0.3, -0.25) is 0 Å². The van der Waals surface area contributed by atoms with Crippen LogP contribution in [-0.2, 0) is 16.1 Å². The first-order valence-electron chi connectivity index (χ1n) is 9.08. The van der Waals surface area contributed by atoms with Gasteiger partial charge in [-0.25, -0.2) is 14.3 Å². The minimum Gasteiger partial charge on any atom is -0.624 e. The van der Waals surface area contributed by atoms with E-state index >= 15 is 0 Å². The van der Waals surface area contributed by atoms with Gasteiger partial charge in [0, 0.05) is 12.0 Å². The maximum atomic E-state index is 11.8. The number of hydrogen-bond acceptors (Lipinski definition) is 4. The molecule has 0 spiro atoms. The third-order valence-electron chi connectivity index (χ3n) is 4.02. The molecule has 1 atom stereocenters. The van der Waals surface area contributed by atoms with Crippen LogP contribution < -0.4 is 5.32 Å². The molecule has 2 aromatic rings. The zero-order valence-electron chi connectivity index (χ0n) is 15.5. The van der Waals surface area contributed by atoms with Crippen LogP contribution in [0.3, 0.4) is 0 Å². The minimum atomic E-state index is -1.13. The summed E-state index contributed by atoms with van der Waals surface area (Å²) in [4.78, 5) is 23.1. The third-order valence-corrected chi connectivity index (χ3v) is 4.02. The molecule has 0 bridgehead atoms. The highest BCUT2D eigenvalue weighted by molar-refractivity contribution is 5.79. The molecule has 0 saturated heterocycles. The van der Waals surface area contributed by atoms with Crippen molar-refractivity contribution in [1.29, 1.82) is 0 Å². The van der Waals surface area contributed by atoms with Gasteiger partial charge in [0.15, 0.2) is 12.8 Å². The zero-order valence-corrected chi connectivity index (χ0v) is 15.5. The molecule has 0 aliphatic carbocycles. The molecule has 2 aromatic carbocycles. The summed E-state index contributed by atoms with van der Waals surface area (Å²) < 4.78 is 5.87. The topological polar surface area (TPSA) is 102 Å². The lowest BCUT2D eigenvalue weighted by atomic mass is 10.1. The summed E-state index contributed by atoms with van der Waals surface area (Å²) in [6, 6.07) is 17.3. The summed E-state index contributed by atoms with van der Waals surface area (Å²) in [6.07, 6.45) is 1.93. The number of carboxylic acid groups (broad SMARTS) is 1. The maximum Gasteiger partial charge on any atom is 0.408 e. The van der Waals surface area contributed by atoms with Gasteiger partial charge in [0.05, 0.1) is 0 Å². The van der Waals surface area contributed by atoms with E-state index in [2.05, 4.69) is 5.32 Å². The van der Waals surface area contributed by atoms with Gasteiger partial charge in [0.2, 0.25) is 0 Å². The smallest absolute Gasteiger partial charge is 0.408 e. The zero-order chi connectivity index (χ0) is 20.2. The Hall–Kier alpha value is -3.35. The summed E-state index contributed by atoms with van der Waals surface area (Å²) >= 11 is 0. The van der Waals surface area contributed by atoms with Crippen molar-refractivity contribution < 1.29 is 24.2 Å². The number of nitrogens with zero attached hydrogens (tertiary/aromatic N) is 1. The van der Waals surface area contributed by atoms with Crippen LogP contribution in [0.4, 0.5) is 4.79 Å². The number of hydrogen-bond donors (Lipinski definition) is 2. The molecule has 0 fully saturated rings. The summed E-state index contributed by atoms with van der Waals surface area (Å²) in [6.45, 7) is 0.319. The van der Waals surface area contributed by atoms with Gasteiger partial charge in [-0.2, -0.15) is 0 Å². The fraction of sp³-hybridized carbons (Fsp3) is 0.286. The van der Waals surface area contributed by atoms with Crippen LogP contribution in [0.15, 0.2) is 60.7 Å². The monoisotopic (exact) mass is 384 g/mol. The molecule has 0 saturated carbocycles. The van der Waals surface area contributed by atoms with Crippen molar-refractivity contribution in [3.63, 3.8) is 0 Å². The van der Waals surface area contributed by atoms with Crippen LogP contribution in [0.25, 0.3) is 0 Å². The Kier molecular flexibility index (Phi) is 8.52. The first kappa shape index (κ1) is 21.0. The Morgan fingerprint density at radius 3 is 2.36 bits per heavy atom. The third kappa shape index (κ3) is 7.90. The molecular weight excluding hydrogens is 360 g/mol. The second-order valence-electron chi connectivity index (χ2n) is 6.27. The molecule has 0 aliphatic rings. The summed E-state index contributed by atoms with van der Waals surface area (Å²) in [7, 11) is 0. The minimum absolute atomic E-state index is 0.0689. The number of nitrogens with one attached hydrogen (secondary N) is 1. The highest BCUT2D eigenvalue weighted by atomic mass is 16.5.